The average molecular weight is 421 g/mol. The third kappa shape index (κ3) is 4.77. The van der Waals surface area contributed by atoms with Gasteiger partial charge in [-0.15, -0.1) is 0 Å². The molecule has 0 saturated heterocycles. The lowest BCUT2D eigenvalue weighted by molar-refractivity contribution is 0.0599. The second-order valence-corrected chi connectivity index (χ2v) is 7.25. The van der Waals surface area contributed by atoms with Gasteiger partial charge in [0.2, 0.25) is 0 Å². The van der Waals surface area contributed by atoms with Gasteiger partial charge in [-0.2, -0.15) is 0 Å². The van der Waals surface area contributed by atoms with Gasteiger partial charge in [-0.1, -0.05) is 31.5 Å². The molecule has 1 aromatic heterocycles. The summed E-state index contributed by atoms with van der Waals surface area (Å²) >= 11 is 0. The topological polar surface area (TPSA) is 93.5 Å². The number of carboxylic acids is 1. The quantitative estimate of drug-likeness (QED) is 0.490. The highest BCUT2D eigenvalue weighted by Gasteiger charge is 2.18. The summed E-state index contributed by atoms with van der Waals surface area (Å²) in [6, 6.07) is 12.3. The third-order valence-corrected chi connectivity index (χ3v) is 5.23. The van der Waals surface area contributed by atoms with Gasteiger partial charge < -0.3 is 15.2 Å². The number of benzene rings is 2. The Morgan fingerprint density at radius 3 is 2.58 bits per heavy atom. The number of carbonyl (C=O) groups excluding carboxylic acids is 1. The van der Waals surface area contributed by atoms with E-state index in [-0.39, 0.29) is 11.5 Å². The number of carboxylic acid groups (broad SMARTS) is 1. The van der Waals surface area contributed by atoms with E-state index in [1.807, 2.05) is 23.6 Å². The first-order chi connectivity index (χ1) is 15.0. The van der Waals surface area contributed by atoms with Gasteiger partial charge in [0, 0.05) is 12.1 Å². The van der Waals surface area contributed by atoms with Crippen LogP contribution in [0.2, 0.25) is 0 Å². The Morgan fingerprint density at radius 2 is 1.87 bits per heavy atom. The second-order valence-electron chi connectivity index (χ2n) is 7.25. The number of anilines is 1. The van der Waals surface area contributed by atoms with Crippen LogP contribution in [0, 0.1) is 6.92 Å². The van der Waals surface area contributed by atoms with Crippen LogP contribution in [0.5, 0.6) is 0 Å². The molecular weight excluding hydrogens is 394 g/mol. The molecule has 162 valence electrons. The standard InChI is InChI=1S/C24H27N3O4/c1-4-5-13-22-26-15-17(14-25-20-11-7-6-9-19(20)23(28)29)27(22)21-12-8-10-18(16(21)2)24(30)31-3/h6-12,15,25H,4-5,13-14H2,1-3H3,(H,28,29). The fourth-order valence-corrected chi connectivity index (χ4v) is 3.57. The molecule has 0 aliphatic carbocycles. The smallest absolute Gasteiger partial charge is 0.338 e. The van der Waals surface area contributed by atoms with Crippen molar-refractivity contribution < 1.29 is 19.4 Å². The molecule has 31 heavy (non-hydrogen) atoms. The Hall–Kier alpha value is -3.61. The summed E-state index contributed by atoms with van der Waals surface area (Å²) in [5.74, 6) is -0.471. The lowest BCUT2D eigenvalue weighted by atomic mass is 10.1. The van der Waals surface area contributed by atoms with E-state index in [1.54, 1.807) is 36.5 Å². The first-order valence-corrected chi connectivity index (χ1v) is 10.3. The predicted molar refractivity (Wildman–Crippen MR) is 119 cm³/mol. The largest absolute Gasteiger partial charge is 0.478 e. The molecule has 0 atom stereocenters. The van der Waals surface area contributed by atoms with Crippen molar-refractivity contribution in [2.24, 2.45) is 0 Å². The van der Waals surface area contributed by atoms with Crippen molar-refractivity contribution in [3.8, 4) is 5.69 Å². The highest BCUT2D eigenvalue weighted by atomic mass is 16.5. The molecule has 0 amide bonds. The Kier molecular flexibility index (Phi) is 7.07. The summed E-state index contributed by atoms with van der Waals surface area (Å²) in [6.45, 7) is 4.40. The van der Waals surface area contributed by atoms with E-state index in [0.29, 0.717) is 17.8 Å². The summed E-state index contributed by atoms with van der Waals surface area (Å²) in [5.41, 5.74) is 3.79. The van der Waals surface area contributed by atoms with Crippen molar-refractivity contribution in [1.82, 2.24) is 9.55 Å². The summed E-state index contributed by atoms with van der Waals surface area (Å²) in [7, 11) is 1.37. The number of ether oxygens (including phenoxy) is 1. The number of aromatic nitrogens is 2. The van der Waals surface area contributed by atoms with E-state index in [9.17, 15) is 14.7 Å². The van der Waals surface area contributed by atoms with Crippen LogP contribution in [-0.4, -0.2) is 33.7 Å². The van der Waals surface area contributed by atoms with Crippen molar-refractivity contribution in [2.45, 2.75) is 39.7 Å². The minimum atomic E-state index is -0.984. The fraction of sp³-hybridized carbons (Fsp3) is 0.292. The molecule has 0 saturated carbocycles. The van der Waals surface area contributed by atoms with Crippen molar-refractivity contribution >= 4 is 17.6 Å². The van der Waals surface area contributed by atoms with E-state index in [1.165, 1.54) is 7.11 Å². The maximum Gasteiger partial charge on any atom is 0.338 e. The molecule has 0 aliphatic rings. The summed E-state index contributed by atoms with van der Waals surface area (Å²) in [5, 5.41) is 12.7. The third-order valence-electron chi connectivity index (χ3n) is 5.23. The van der Waals surface area contributed by atoms with Crippen LogP contribution >= 0.6 is 0 Å². The van der Waals surface area contributed by atoms with E-state index < -0.39 is 5.97 Å². The minimum absolute atomic E-state index is 0.212. The van der Waals surface area contributed by atoms with Gasteiger partial charge in [-0.3, -0.25) is 4.57 Å². The van der Waals surface area contributed by atoms with Gasteiger partial charge in [0.05, 0.1) is 42.4 Å². The van der Waals surface area contributed by atoms with Gasteiger partial charge in [0.15, 0.2) is 0 Å². The van der Waals surface area contributed by atoms with E-state index in [0.717, 1.165) is 42.0 Å². The molecule has 0 radical (unpaired) electrons. The Morgan fingerprint density at radius 1 is 1.13 bits per heavy atom. The maximum atomic E-state index is 12.2. The lowest BCUT2D eigenvalue weighted by Crippen LogP contribution is -2.13. The molecule has 7 heteroatoms. The summed E-state index contributed by atoms with van der Waals surface area (Å²) in [4.78, 5) is 28.3. The molecule has 0 fully saturated rings. The molecule has 3 rings (SSSR count). The molecule has 0 bridgehead atoms. The van der Waals surface area contributed by atoms with Crippen LogP contribution in [0.4, 0.5) is 5.69 Å². The zero-order chi connectivity index (χ0) is 22.4. The zero-order valence-corrected chi connectivity index (χ0v) is 18.0. The van der Waals surface area contributed by atoms with Crippen molar-refractivity contribution in [1.29, 1.82) is 0 Å². The van der Waals surface area contributed by atoms with Gasteiger partial charge >= 0.3 is 11.9 Å². The average Bonchev–Trinajstić information content (AvgIpc) is 3.18. The number of unbranched alkanes of at least 4 members (excludes halogenated alkanes) is 1. The van der Waals surface area contributed by atoms with E-state index in [4.69, 9.17) is 4.74 Å². The molecule has 3 aromatic rings. The van der Waals surface area contributed by atoms with Crippen LogP contribution in [0.25, 0.3) is 5.69 Å². The van der Waals surface area contributed by atoms with Crippen LogP contribution < -0.4 is 5.32 Å². The SMILES string of the molecule is CCCCc1ncc(CNc2ccccc2C(=O)O)n1-c1cccc(C(=O)OC)c1C. The van der Waals surface area contributed by atoms with E-state index >= 15 is 0 Å². The predicted octanol–water partition coefficient (Wildman–Crippen LogP) is 4.62. The molecule has 2 aromatic carbocycles. The van der Waals surface area contributed by atoms with Gasteiger partial charge in [0.1, 0.15) is 5.82 Å². The number of aromatic carboxylic acids is 1. The molecule has 7 nitrogen and oxygen atoms in total. The van der Waals surface area contributed by atoms with E-state index in [2.05, 4.69) is 17.2 Å². The monoisotopic (exact) mass is 421 g/mol. The number of carbonyl (C=O) groups is 2. The number of hydrogen-bond acceptors (Lipinski definition) is 5. The van der Waals surface area contributed by atoms with Gasteiger partial charge in [-0.05, 0) is 43.2 Å². The van der Waals surface area contributed by atoms with Gasteiger partial charge in [-0.25, -0.2) is 14.6 Å². The normalized spacial score (nSPS) is 10.7. The van der Waals surface area contributed by atoms with Crippen LogP contribution in [0.1, 0.15) is 57.6 Å². The van der Waals surface area contributed by atoms with Gasteiger partial charge in [0.25, 0.3) is 0 Å². The highest BCUT2D eigenvalue weighted by Crippen LogP contribution is 2.25. The first kappa shape index (κ1) is 22.1. The minimum Gasteiger partial charge on any atom is -0.478 e. The molecule has 0 spiro atoms. The number of hydrogen-bond donors (Lipinski definition) is 2. The zero-order valence-electron chi connectivity index (χ0n) is 18.0. The van der Waals surface area contributed by atoms with Crippen molar-refractivity contribution in [2.75, 3.05) is 12.4 Å². The molecule has 0 unspecified atom stereocenters. The number of nitrogens with zero attached hydrogens (tertiary/aromatic N) is 2. The Bertz CT molecular complexity index is 1090. The van der Waals surface area contributed by atoms with Crippen molar-refractivity contribution in [3.63, 3.8) is 0 Å². The number of nitrogens with one attached hydrogen (secondary N) is 1. The lowest BCUT2D eigenvalue weighted by Gasteiger charge is -2.17. The van der Waals surface area contributed by atoms with Crippen molar-refractivity contribution in [3.05, 3.63) is 76.9 Å². The second kappa shape index (κ2) is 9.93. The first-order valence-electron chi connectivity index (χ1n) is 10.3. The number of imidazole rings is 1. The highest BCUT2D eigenvalue weighted by molar-refractivity contribution is 5.94. The summed E-state index contributed by atoms with van der Waals surface area (Å²) < 4.78 is 6.97. The van der Waals surface area contributed by atoms with Crippen LogP contribution in [-0.2, 0) is 17.7 Å². The Balaban J connectivity index is 2.02. The molecule has 1 heterocycles. The number of esters is 1. The maximum absolute atomic E-state index is 12.2. The summed E-state index contributed by atoms with van der Waals surface area (Å²) in [6.07, 6.45) is 4.62. The number of aryl methyl sites for hydroxylation is 1. The Labute approximate surface area is 181 Å². The number of rotatable bonds is 9. The molecular formula is C24H27N3O4. The van der Waals surface area contributed by atoms with Crippen LogP contribution in [0.3, 0.4) is 0 Å². The number of para-hydroxylation sites is 1. The fourth-order valence-electron chi connectivity index (χ4n) is 3.57. The number of methoxy groups -OCH3 is 1. The molecule has 0 aliphatic heterocycles. The molecule has 2 N–H and O–H groups in total. The van der Waals surface area contributed by atoms with Crippen LogP contribution in [0.15, 0.2) is 48.7 Å².